The molecule has 3 rings (SSSR count). The maximum Gasteiger partial charge on any atom is 0.295 e. The van der Waals surface area contributed by atoms with Crippen molar-refractivity contribution in [2.24, 2.45) is 0 Å². The van der Waals surface area contributed by atoms with Crippen molar-refractivity contribution in [1.29, 1.82) is 0 Å². The summed E-state index contributed by atoms with van der Waals surface area (Å²) in [6.45, 7) is 0.806. The van der Waals surface area contributed by atoms with Crippen LogP contribution in [0.1, 0.15) is 23.6 Å². The number of carbonyl (C=O) groups is 2. The van der Waals surface area contributed by atoms with Crippen LogP contribution < -0.4 is 4.74 Å². The monoisotopic (exact) mass is 459 g/mol. The van der Waals surface area contributed by atoms with E-state index in [0.717, 1.165) is 10.0 Å². The summed E-state index contributed by atoms with van der Waals surface area (Å²) in [6.07, 6.45) is 0.579. The zero-order chi connectivity index (χ0) is 21.0. The number of likely N-dealkylation sites (tertiary alicyclic amines) is 1. The third kappa shape index (κ3) is 4.36. The number of ether oxygens (including phenoxy) is 2. The lowest BCUT2D eigenvalue weighted by Crippen LogP contribution is -2.31. The second-order valence-corrected chi connectivity index (χ2v) is 7.54. The van der Waals surface area contributed by atoms with E-state index >= 15 is 0 Å². The molecule has 6 nitrogen and oxygen atoms in total. The number of Topliss-reactive ketones (excluding diaryl/α,β-unsaturated/α-hetero) is 1. The molecule has 0 aromatic heterocycles. The quantitative estimate of drug-likeness (QED) is 0.294. The van der Waals surface area contributed by atoms with Gasteiger partial charge in [-0.1, -0.05) is 40.2 Å². The van der Waals surface area contributed by atoms with Gasteiger partial charge in [-0.3, -0.25) is 9.59 Å². The van der Waals surface area contributed by atoms with Gasteiger partial charge < -0.3 is 19.5 Å². The molecule has 1 unspecified atom stereocenters. The van der Waals surface area contributed by atoms with Crippen LogP contribution in [0.2, 0.25) is 0 Å². The normalized spacial score (nSPS) is 18.3. The van der Waals surface area contributed by atoms with Gasteiger partial charge >= 0.3 is 0 Å². The van der Waals surface area contributed by atoms with Crippen molar-refractivity contribution in [1.82, 2.24) is 4.90 Å². The van der Waals surface area contributed by atoms with Gasteiger partial charge in [-0.05, 0) is 36.2 Å². The molecule has 1 N–H and O–H groups in total. The van der Waals surface area contributed by atoms with Crippen molar-refractivity contribution in [3.63, 3.8) is 0 Å². The van der Waals surface area contributed by atoms with Crippen molar-refractivity contribution in [2.75, 3.05) is 27.4 Å². The van der Waals surface area contributed by atoms with E-state index in [2.05, 4.69) is 15.9 Å². The molecule has 1 fully saturated rings. The van der Waals surface area contributed by atoms with Crippen molar-refractivity contribution in [2.45, 2.75) is 12.5 Å². The van der Waals surface area contributed by atoms with E-state index in [-0.39, 0.29) is 11.3 Å². The standard InChI is InChI=1S/C22H22BrNO5/c1-28-12-4-11-24-19(14-7-9-16(23)10-8-14)18(21(26)22(24)27)20(25)15-5-3-6-17(13-15)29-2/h3,5-10,13,19,25H,4,11-12H2,1-2H3. The predicted molar refractivity (Wildman–Crippen MR) is 113 cm³/mol. The minimum atomic E-state index is -0.698. The first-order chi connectivity index (χ1) is 14.0. The number of methoxy groups -OCH3 is 2. The highest BCUT2D eigenvalue weighted by Gasteiger charge is 2.45. The Labute approximate surface area is 177 Å². The number of hydrogen-bond donors (Lipinski definition) is 1. The van der Waals surface area contributed by atoms with E-state index in [1.165, 1.54) is 12.0 Å². The molecular formula is C22H22BrNO5. The zero-order valence-electron chi connectivity index (χ0n) is 16.2. The SMILES string of the molecule is COCCCN1C(=O)C(=O)C(=C(O)c2cccc(OC)c2)C1c1ccc(Br)cc1. The first-order valence-electron chi connectivity index (χ1n) is 9.15. The van der Waals surface area contributed by atoms with Gasteiger partial charge in [-0.2, -0.15) is 0 Å². The lowest BCUT2D eigenvalue weighted by Gasteiger charge is -2.25. The Morgan fingerprint density at radius 1 is 1.14 bits per heavy atom. The number of aliphatic hydroxyl groups excluding tert-OH is 1. The Morgan fingerprint density at radius 3 is 2.52 bits per heavy atom. The van der Waals surface area contributed by atoms with E-state index in [4.69, 9.17) is 9.47 Å². The van der Waals surface area contributed by atoms with Crippen LogP contribution >= 0.6 is 15.9 Å². The first-order valence-corrected chi connectivity index (χ1v) is 9.94. The summed E-state index contributed by atoms with van der Waals surface area (Å²) in [5.74, 6) is -0.998. The molecule has 0 saturated carbocycles. The molecule has 29 heavy (non-hydrogen) atoms. The van der Waals surface area contributed by atoms with Crippen LogP contribution in [0, 0.1) is 0 Å². The van der Waals surface area contributed by atoms with Crippen LogP contribution in [-0.4, -0.2) is 49.1 Å². The number of ketones is 1. The van der Waals surface area contributed by atoms with Gasteiger partial charge in [0.15, 0.2) is 0 Å². The van der Waals surface area contributed by atoms with Crippen LogP contribution in [0.25, 0.3) is 5.76 Å². The molecule has 1 aliphatic rings. The molecular weight excluding hydrogens is 438 g/mol. The number of carbonyl (C=O) groups excluding carboxylic acids is 2. The van der Waals surface area contributed by atoms with E-state index < -0.39 is 17.7 Å². The Morgan fingerprint density at radius 2 is 1.86 bits per heavy atom. The lowest BCUT2D eigenvalue weighted by molar-refractivity contribution is -0.140. The highest BCUT2D eigenvalue weighted by Crippen LogP contribution is 2.40. The summed E-state index contributed by atoms with van der Waals surface area (Å²) >= 11 is 3.40. The molecule has 1 aliphatic heterocycles. The van der Waals surface area contributed by atoms with Gasteiger partial charge in [0.25, 0.3) is 11.7 Å². The molecule has 2 aromatic rings. The Hall–Kier alpha value is -2.64. The summed E-state index contributed by atoms with van der Waals surface area (Å²) in [7, 11) is 3.11. The van der Waals surface area contributed by atoms with Gasteiger partial charge in [0.1, 0.15) is 11.5 Å². The Balaban J connectivity index is 2.12. The zero-order valence-corrected chi connectivity index (χ0v) is 17.8. The fraction of sp³-hybridized carbons (Fsp3) is 0.273. The van der Waals surface area contributed by atoms with Crippen LogP contribution in [0.4, 0.5) is 0 Å². The van der Waals surface area contributed by atoms with Gasteiger partial charge in [0, 0.05) is 30.3 Å². The average molecular weight is 460 g/mol. The number of halogens is 1. The highest BCUT2D eigenvalue weighted by molar-refractivity contribution is 9.10. The maximum atomic E-state index is 12.9. The molecule has 2 aromatic carbocycles. The van der Waals surface area contributed by atoms with E-state index in [1.807, 2.05) is 24.3 Å². The number of rotatable bonds is 7. The number of benzene rings is 2. The molecule has 1 amide bonds. The fourth-order valence-electron chi connectivity index (χ4n) is 3.41. The molecule has 152 valence electrons. The molecule has 0 radical (unpaired) electrons. The molecule has 1 atom stereocenters. The van der Waals surface area contributed by atoms with Crippen molar-refractivity contribution in [3.8, 4) is 5.75 Å². The number of hydrogen-bond acceptors (Lipinski definition) is 5. The molecule has 1 heterocycles. The Kier molecular flexibility index (Phi) is 6.71. The van der Waals surface area contributed by atoms with Gasteiger partial charge in [-0.25, -0.2) is 0 Å². The molecule has 1 saturated heterocycles. The van der Waals surface area contributed by atoms with Crippen molar-refractivity contribution >= 4 is 33.4 Å². The fourth-order valence-corrected chi connectivity index (χ4v) is 3.67. The summed E-state index contributed by atoms with van der Waals surface area (Å²) in [5, 5.41) is 11.0. The first kappa shape index (κ1) is 21.1. The lowest BCUT2D eigenvalue weighted by atomic mass is 9.95. The van der Waals surface area contributed by atoms with Crippen LogP contribution in [0.3, 0.4) is 0 Å². The summed E-state index contributed by atoms with van der Waals surface area (Å²) in [5.41, 5.74) is 1.23. The van der Waals surface area contributed by atoms with Crippen LogP contribution in [0.15, 0.2) is 58.6 Å². The summed E-state index contributed by atoms with van der Waals surface area (Å²) in [4.78, 5) is 27.2. The largest absolute Gasteiger partial charge is 0.507 e. The highest BCUT2D eigenvalue weighted by atomic mass is 79.9. The third-order valence-corrected chi connectivity index (χ3v) is 5.35. The number of nitrogens with zero attached hydrogens (tertiary/aromatic N) is 1. The van der Waals surface area contributed by atoms with Crippen molar-refractivity contribution < 1.29 is 24.2 Å². The third-order valence-electron chi connectivity index (χ3n) is 4.82. The minimum absolute atomic E-state index is 0.0722. The van der Waals surface area contributed by atoms with Crippen LogP contribution in [0.5, 0.6) is 5.75 Å². The number of amides is 1. The number of aliphatic hydroxyl groups is 1. The molecule has 0 aliphatic carbocycles. The predicted octanol–water partition coefficient (Wildman–Crippen LogP) is 3.92. The average Bonchev–Trinajstić information content (AvgIpc) is 2.99. The van der Waals surface area contributed by atoms with Gasteiger partial charge in [0.05, 0.1) is 18.7 Å². The van der Waals surface area contributed by atoms with E-state index in [1.54, 1.807) is 31.4 Å². The summed E-state index contributed by atoms with van der Waals surface area (Å²) < 4.78 is 11.2. The van der Waals surface area contributed by atoms with Gasteiger partial charge in [-0.15, -0.1) is 0 Å². The maximum absolute atomic E-state index is 12.9. The molecule has 0 bridgehead atoms. The van der Waals surface area contributed by atoms with E-state index in [9.17, 15) is 14.7 Å². The van der Waals surface area contributed by atoms with Crippen molar-refractivity contribution in [3.05, 3.63) is 69.7 Å². The van der Waals surface area contributed by atoms with Gasteiger partial charge in [0.2, 0.25) is 0 Å². The molecule has 0 spiro atoms. The second-order valence-electron chi connectivity index (χ2n) is 6.62. The molecule has 7 heteroatoms. The summed E-state index contributed by atoms with van der Waals surface area (Å²) in [6, 6.07) is 13.5. The van der Waals surface area contributed by atoms with E-state index in [0.29, 0.717) is 30.9 Å². The smallest absolute Gasteiger partial charge is 0.295 e. The topological polar surface area (TPSA) is 76.1 Å². The second kappa shape index (κ2) is 9.24. The minimum Gasteiger partial charge on any atom is -0.507 e. The Bertz CT molecular complexity index is 938. The van der Waals surface area contributed by atoms with Crippen LogP contribution in [-0.2, 0) is 14.3 Å².